The third-order valence-corrected chi connectivity index (χ3v) is 3.91. The maximum absolute atomic E-state index is 11.8. The van der Waals surface area contributed by atoms with Crippen molar-refractivity contribution >= 4 is 54.9 Å². The number of nitrogen functional groups attached to an aromatic ring is 1. The zero-order valence-corrected chi connectivity index (χ0v) is 14.5. The number of hydrogen-bond acceptors (Lipinski definition) is 4. The Balaban J connectivity index is 2.28. The first-order valence-electron chi connectivity index (χ1n) is 6.30. The summed E-state index contributed by atoms with van der Waals surface area (Å²) in [6.45, 7) is 2.07. The van der Waals surface area contributed by atoms with Gasteiger partial charge in [-0.2, -0.15) is 0 Å². The molecule has 0 atom stereocenters. The van der Waals surface area contributed by atoms with Gasteiger partial charge >= 0.3 is 5.97 Å². The van der Waals surface area contributed by atoms with Crippen molar-refractivity contribution in [3.05, 3.63) is 50.9 Å². The van der Waals surface area contributed by atoms with Gasteiger partial charge in [0, 0.05) is 20.3 Å². The van der Waals surface area contributed by atoms with Crippen LogP contribution in [-0.2, 0) is 4.74 Å². The minimum atomic E-state index is -0.423. The van der Waals surface area contributed by atoms with Gasteiger partial charge in [-0.05, 0) is 59.3 Å². The highest BCUT2D eigenvalue weighted by atomic mass is 79.9. The van der Waals surface area contributed by atoms with Gasteiger partial charge < -0.3 is 15.8 Å². The summed E-state index contributed by atoms with van der Waals surface area (Å²) in [5.74, 6) is -0.423. The molecule has 110 valence electrons. The molecular formula is C15H14Br2N2O2. The van der Waals surface area contributed by atoms with E-state index in [-0.39, 0.29) is 0 Å². The van der Waals surface area contributed by atoms with Gasteiger partial charge in [0.25, 0.3) is 0 Å². The van der Waals surface area contributed by atoms with Crippen LogP contribution in [0.15, 0.2) is 45.3 Å². The van der Waals surface area contributed by atoms with Crippen molar-refractivity contribution in [3.63, 3.8) is 0 Å². The van der Waals surface area contributed by atoms with Crippen LogP contribution in [0.5, 0.6) is 0 Å². The van der Waals surface area contributed by atoms with Crippen LogP contribution < -0.4 is 11.1 Å². The second-order valence-corrected chi connectivity index (χ2v) is 6.04. The average Bonchev–Trinajstić information content (AvgIpc) is 2.44. The van der Waals surface area contributed by atoms with E-state index in [0.29, 0.717) is 17.9 Å². The molecule has 0 heterocycles. The number of carbonyl (C=O) groups excluding carboxylic acids is 1. The van der Waals surface area contributed by atoms with Crippen molar-refractivity contribution in [1.82, 2.24) is 0 Å². The number of hydrogen-bond donors (Lipinski definition) is 2. The number of benzene rings is 2. The molecule has 0 radical (unpaired) electrons. The molecule has 6 heteroatoms. The third-order valence-electron chi connectivity index (χ3n) is 2.76. The Morgan fingerprint density at radius 1 is 1.24 bits per heavy atom. The lowest BCUT2D eigenvalue weighted by molar-refractivity contribution is 0.0527. The summed E-state index contributed by atoms with van der Waals surface area (Å²) in [4.78, 5) is 11.8. The molecule has 0 bridgehead atoms. The van der Waals surface area contributed by atoms with E-state index in [9.17, 15) is 4.79 Å². The molecule has 0 saturated carbocycles. The minimum Gasteiger partial charge on any atom is -0.462 e. The maximum atomic E-state index is 11.8. The molecule has 2 aromatic rings. The summed E-state index contributed by atoms with van der Waals surface area (Å²) in [7, 11) is 0. The van der Waals surface area contributed by atoms with Gasteiger partial charge in [-0.3, -0.25) is 0 Å². The van der Waals surface area contributed by atoms with Gasteiger partial charge in [-0.15, -0.1) is 0 Å². The predicted molar refractivity (Wildman–Crippen MR) is 91.9 cm³/mol. The Hall–Kier alpha value is -1.53. The Morgan fingerprint density at radius 3 is 2.67 bits per heavy atom. The average molecular weight is 414 g/mol. The normalized spacial score (nSPS) is 10.2. The van der Waals surface area contributed by atoms with Crippen molar-refractivity contribution in [2.75, 3.05) is 17.7 Å². The van der Waals surface area contributed by atoms with Crippen LogP contribution in [0.4, 0.5) is 17.1 Å². The SMILES string of the molecule is CCOC(=O)c1cc(Nc2ccc(Br)cc2Br)ccc1N. The number of esters is 1. The van der Waals surface area contributed by atoms with Crippen LogP contribution in [0.1, 0.15) is 17.3 Å². The fraction of sp³-hybridized carbons (Fsp3) is 0.133. The first kappa shape index (κ1) is 15.9. The fourth-order valence-electron chi connectivity index (χ4n) is 1.77. The molecule has 4 nitrogen and oxygen atoms in total. The van der Waals surface area contributed by atoms with E-state index in [4.69, 9.17) is 10.5 Å². The number of nitrogens with two attached hydrogens (primary N) is 1. The second-order valence-electron chi connectivity index (χ2n) is 4.27. The van der Waals surface area contributed by atoms with Crippen molar-refractivity contribution in [2.45, 2.75) is 6.92 Å². The zero-order valence-electron chi connectivity index (χ0n) is 11.3. The summed E-state index contributed by atoms with van der Waals surface area (Å²) in [5.41, 5.74) is 8.22. The number of carbonyl (C=O) groups is 1. The van der Waals surface area contributed by atoms with Crippen LogP contribution >= 0.6 is 31.9 Å². The molecule has 0 aromatic heterocycles. The molecule has 0 aliphatic heterocycles. The molecule has 0 aliphatic carbocycles. The molecule has 0 spiro atoms. The minimum absolute atomic E-state index is 0.314. The lowest BCUT2D eigenvalue weighted by Crippen LogP contribution is -2.08. The summed E-state index contributed by atoms with van der Waals surface area (Å²) in [5, 5.41) is 3.23. The van der Waals surface area contributed by atoms with Gasteiger partial charge in [0.05, 0.1) is 17.9 Å². The highest BCUT2D eigenvalue weighted by Gasteiger charge is 2.12. The van der Waals surface area contributed by atoms with Gasteiger partial charge in [-0.25, -0.2) is 4.79 Å². The summed E-state index contributed by atoms with van der Waals surface area (Å²) in [6.07, 6.45) is 0. The summed E-state index contributed by atoms with van der Waals surface area (Å²) >= 11 is 6.89. The molecule has 21 heavy (non-hydrogen) atoms. The first-order valence-corrected chi connectivity index (χ1v) is 7.88. The number of anilines is 3. The Labute approximate surface area is 139 Å². The van der Waals surface area contributed by atoms with E-state index in [1.54, 1.807) is 19.1 Å². The maximum Gasteiger partial charge on any atom is 0.340 e. The van der Waals surface area contributed by atoms with E-state index in [2.05, 4.69) is 37.2 Å². The largest absolute Gasteiger partial charge is 0.462 e. The second kappa shape index (κ2) is 6.95. The molecule has 0 amide bonds. The van der Waals surface area contributed by atoms with Crippen LogP contribution in [0, 0.1) is 0 Å². The van der Waals surface area contributed by atoms with E-state index < -0.39 is 5.97 Å². The Morgan fingerprint density at radius 2 is 2.00 bits per heavy atom. The van der Waals surface area contributed by atoms with Gasteiger partial charge in [0.1, 0.15) is 0 Å². The van der Waals surface area contributed by atoms with E-state index in [1.165, 1.54) is 0 Å². The van der Waals surface area contributed by atoms with Gasteiger partial charge in [0.2, 0.25) is 0 Å². The summed E-state index contributed by atoms with van der Waals surface area (Å²) in [6, 6.07) is 11.0. The van der Waals surface area contributed by atoms with E-state index in [1.807, 2.05) is 24.3 Å². The van der Waals surface area contributed by atoms with Crippen LogP contribution in [-0.4, -0.2) is 12.6 Å². The molecule has 0 saturated heterocycles. The highest BCUT2D eigenvalue weighted by Crippen LogP contribution is 2.30. The van der Waals surface area contributed by atoms with Gasteiger partial charge in [-0.1, -0.05) is 15.9 Å². The smallest absolute Gasteiger partial charge is 0.340 e. The topological polar surface area (TPSA) is 64.3 Å². The molecule has 0 fully saturated rings. The summed E-state index contributed by atoms with van der Waals surface area (Å²) < 4.78 is 6.88. The predicted octanol–water partition coefficient (Wildman–Crippen LogP) is 4.71. The molecule has 2 rings (SSSR count). The fourth-order valence-corrected chi connectivity index (χ4v) is 2.91. The first-order chi connectivity index (χ1) is 10.0. The molecule has 3 N–H and O–H groups in total. The van der Waals surface area contributed by atoms with Gasteiger partial charge in [0.15, 0.2) is 0 Å². The standard InChI is InChI=1S/C15H14Br2N2O2/c1-2-21-15(20)11-8-10(4-5-13(11)18)19-14-6-3-9(16)7-12(14)17/h3-8,19H,2,18H2,1H3. The van der Waals surface area contributed by atoms with Crippen molar-refractivity contribution < 1.29 is 9.53 Å². The Bertz CT molecular complexity index is 675. The number of ether oxygens (including phenoxy) is 1. The van der Waals surface area contributed by atoms with Crippen LogP contribution in [0.3, 0.4) is 0 Å². The Kier molecular flexibility index (Phi) is 5.25. The van der Waals surface area contributed by atoms with E-state index >= 15 is 0 Å². The number of nitrogens with one attached hydrogen (secondary N) is 1. The zero-order chi connectivity index (χ0) is 15.4. The van der Waals surface area contributed by atoms with E-state index in [0.717, 1.165) is 20.3 Å². The quantitative estimate of drug-likeness (QED) is 0.562. The van der Waals surface area contributed by atoms with Crippen molar-refractivity contribution in [1.29, 1.82) is 0 Å². The molecular weight excluding hydrogens is 400 g/mol. The third kappa shape index (κ3) is 3.98. The van der Waals surface area contributed by atoms with Crippen LogP contribution in [0.2, 0.25) is 0 Å². The monoisotopic (exact) mass is 412 g/mol. The van der Waals surface area contributed by atoms with Crippen molar-refractivity contribution in [2.24, 2.45) is 0 Å². The van der Waals surface area contributed by atoms with Crippen LogP contribution in [0.25, 0.3) is 0 Å². The van der Waals surface area contributed by atoms with Crippen molar-refractivity contribution in [3.8, 4) is 0 Å². The number of halogens is 2. The molecule has 2 aromatic carbocycles. The highest BCUT2D eigenvalue weighted by molar-refractivity contribution is 9.11. The molecule has 0 aliphatic rings. The lowest BCUT2D eigenvalue weighted by atomic mass is 10.1. The lowest BCUT2D eigenvalue weighted by Gasteiger charge is -2.11. The molecule has 0 unspecified atom stereocenters. The number of rotatable bonds is 4.